The van der Waals surface area contributed by atoms with Gasteiger partial charge < -0.3 is 0 Å². The second-order valence-electron chi connectivity index (χ2n) is 5.57. The number of aromatic nitrogens is 1. The Labute approximate surface area is 110 Å². The van der Waals surface area contributed by atoms with Crippen LogP contribution in [0.3, 0.4) is 0 Å². The molecule has 0 aromatic carbocycles. The largest absolute Gasteiger partial charge is 0.260 e. The summed E-state index contributed by atoms with van der Waals surface area (Å²) in [6.45, 7) is 6.86. The lowest BCUT2D eigenvalue weighted by Gasteiger charge is -2.17. The van der Waals surface area contributed by atoms with Crippen molar-refractivity contribution in [1.82, 2.24) is 9.71 Å². The molecule has 0 amide bonds. The standard InChI is InChI=1S/C13H22N2O2S/c1-13(2,3)12-8-7-11(10-14-12)6-5-9-15-18(4,16)17/h7-8,10,15H,5-6,9H2,1-4H3. The number of hydrogen-bond acceptors (Lipinski definition) is 3. The number of rotatable bonds is 5. The van der Waals surface area contributed by atoms with E-state index in [0.29, 0.717) is 6.54 Å². The molecule has 0 saturated carbocycles. The smallest absolute Gasteiger partial charge is 0.208 e. The monoisotopic (exact) mass is 270 g/mol. The Hall–Kier alpha value is -0.940. The number of aryl methyl sites for hydroxylation is 1. The van der Waals surface area contributed by atoms with E-state index in [2.05, 4.69) is 36.5 Å². The molecule has 1 aromatic rings. The van der Waals surface area contributed by atoms with Crippen LogP contribution in [-0.2, 0) is 21.9 Å². The summed E-state index contributed by atoms with van der Waals surface area (Å²) in [6.07, 6.45) is 4.66. The molecule has 0 fully saturated rings. The van der Waals surface area contributed by atoms with Crippen LogP contribution in [0.5, 0.6) is 0 Å². The Morgan fingerprint density at radius 2 is 1.94 bits per heavy atom. The van der Waals surface area contributed by atoms with Crippen LogP contribution in [0.25, 0.3) is 0 Å². The minimum absolute atomic E-state index is 0.0658. The quantitative estimate of drug-likeness (QED) is 0.831. The first kappa shape index (κ1) is 15.1. The van der Waals surface area contributed by atoms with E-state index in [1.165, 1.54) is 6.26 Å². The maximum Gasteiger partial charge on any atom is 0.208 e. The van der Waals surface area contributed by atoms with Crippen LogP contribution in [0.1, 0.15) is 38.4 Å². The first-order valence-electron chi connectivity index (χ1n) is 6.08. The van der Waals surface area contributed by atoms with Crippen molar-refractivity contribution in [1.29, 1.82) is 0 Å². The molecule has 102 valence electrons. The molecule has 1 aromatic heterocycles. The van der Waals surface area contributed by atoms with Gasteiger partial charge in [0, 0.05) is 23.9 Å². The van der Waals surface area contributed by atoms with Crippen LogP contribution in [0.2, 0.25) is 0 Å². The predicted molar refractivity (Wildman–Crippen MR) is 74.1 cm³/mol. The van der Waals surface area contributed by atoms with Crippen molar-refractivity contribution < 1.29 is 8.42 Å². The Bertz CT molecular complexity index is 473. The van der Waals surface area contributed by atoms with Gasteiger partial charge in [-0.05, 0) is 24.5 Å². The Kier molecular flexibility index (Phi) is 4.87. The zero-order chi connectivity index (χ0) is 13.8. The third kappa shape index (κ3) is 5.60. The fraction of sp³-hybridized carbons (Fsp3) is 0.615. The molecule has 0 bridgehead atoms. The summed E-state index contributed by atoms with van der Waals surface area (Å²) in [6, 6.07) is 4.10. The summed E-state index contributed by atoms with van der Waals surface area (Å²) in [5, 5.41) is 0. The first-order chi connectivity index (χ1) is 8.18. The number of nitrogens with zero attached hydrogens (tertiary/aromatic N) is 1. The Balaban J connectivity index is 2.45. The molecule has 0 atom stereocenters. The summed E-state index contributed by atoms with van der Waals surface area (Å²) in [4.78, 5) is 4.44. The third-order valence-electron chi connectivity index (χ3n) is 2.60. The third-order valence-corrected chi connectivity index (χ3v) is 3.33. The second kappa shape index (κ2) is 5.80. The van der Waals surface area contributed by atoms with Gasteiger partial charge in [0.05, 0.1) is 6.26 Å². The van der Waals surface area contributed by atoms with Gasteiger partial charge in [-0.25, -0.2) is 13.1 Å². The van der Waals surface area contributed by atoms with E-state index in [1.807, 2.05) is 12.3 Å². The van der Waals surface area contributed by atoms with E-state index in [0.717, 1.165) is 24.1 Å². The van der Waals surface area contributed by atoms with Gasteiger partial charge in [-0.2, -0.15) is 0 Å². The Morgan fingerprint density at radius 1 is 1.28 bits per heavy atom. The van der Waals surface area contributed by atoms with Crippen molar-refractivity contribution in [3.8, 4) is 0 Å². The van der Waals surface area contributed by atoms with Crippen LogP contribution < -0.4 is 4.72 Å². The van der Waals surface area contributed by atoms with Crippen molar-refractivity contribution in [2.75, 3.05) is 12.8 Å². The van der Waals surface area contributed by atoms with Gasteiger partial charge >= 0.3 is 0 Å². The zero-order valence-electron chi connectivity index (χ0n) is 11.5. The van der Waals surface area contributed by atoms with Crippen molar-refractivity contribution >= 4 is 10.0 Å². The van der Waals surface area contributed by atoms with E-state index in [4.69, 9.17) is 0 Å². The molecule has 0 radical (unpaired) electrons. The van der Waals surface area contributed by atoms with Gasteiger partial charge in [0.25, 0.3) is 0 Å². The topological polar surface area (TPSA) is 59.1 Å². The normalized spacial score (nSPS) is 12.7. The highest BCUT2D eigenvalue weighted by atomic mass is 32.2. The van der Waals surface area contributed by atoms with Gasteiger partial charge in [-0.3, -0.25) is 4.98 Å². The Morgan fingerprint density at radius 3 is 2.39 bits per heavy atom. The van der Waals surface area contributed by atoms with Gasteiger partial charge in [0.2, 0.25) is 10.0 Å². The highest BCUT2D eigenvalue weighted by Crippen LogP contribution is 2.19. The first-order valence-corrected chi connectivity index (χ1v) is 7.98. The van der Waals surface area contributed by atoms with E-state index >= 15 is 0 Å². The summed E-state index contributed by atoms with van der Waals surface area (Å²) in [5.41, 5.74) is 2.27. The molecule has 18 heavy (non-hydrogen) atoms. The van der Waals surface area contributed by atoms with Crippen molar-refractivity contribution in [3.05, 3.63) is 29.6 Å². The van der Waals surface area contributed by atoms with Gasteiger partial charge in [-0.15, -0.1) is 0 Å². The van der Waals surface area contributed by atoms with Gasteiger partial charge in [0.1, 0.15) is 0 Å². The van der Waals surface area contributed by atoms with Crippen LogP contribution >= 0.6 is 0 Å². The maximum atomic E-state index is 10.9. The fourth-order valence-corrected chi connectivity index (χ4v) is 2.08. The molecule has 1 N–H and O–H groups in total. The van der Waals surface area contributed by atoms with Crippen LogP contribution in [-0.4, -0.2) is 26.2 Å². The molecule has 0 aliphatic rings. The molecular weight excluding hydrogens is 248 g/mol. The minimum atomic E-state index is -3.07. The fourth-order valence-electron chi connectivity index (χ4n) is 1.57. The van der Waals surface area contributed by atoms with Crippen LogP contribution in [0.4, 0.5) is 0 Å². The molecule has 0 spiro atoms. The number of pyridine rings is 1. The molecule has 5 heteroatoms. The summed E-state index contributed by atoms with van der Waals surface area (Å²) < 4.78 is 24.2. The van der Waals surface area contributed by atoms with Crippen LogP contribution in [0, 0.1) is 0 Å². The molecular formula is C13H22N2O2S. The average Bonchev–Trinajstić information content (AvgIpc) is 2.22. The van der Waals surface area contributed by atoms with Gasteiger partial charge in [-0.1, -0.05) is 26.8 Å². The summed E-state index contributed by atoms with van der Waals surface area (Å²) in [7, 11) is -3.07. The average molecular weight is 270 g/mol. The molecule has 1 rings (SSSR count). The van der Waals surface area contributed by atoms with E-state index in [1.54, 1.807) is 0 Å². The predicted octanol–water partition coefficient (Wildman–Crippen LogP) is 1.86. The molecule has 0 aliphatic heterocycles. The lowest BCUT2D eigenvalue weighted by molar-refractivity contribution is 0.567. The van der Waals surface area contributed by atoms with E-state index in [9.17, 15) is 8.42 Å². The lowest BCUT2D eigenvalue weighted by Crippen LogP contribution is -2.23. The molecule has 1 heterocycles. The van der Waals surface area contributed by atoms with E-state index in [-0.39, 0.29) is 5.41 Å². The number of nitrogens with one attached hydrogen (secondary N) is 1. The zero-order valence-corrected chi connectivity index (χ0v) is 12.3. The van der Waals surface area contributed by atoms with E-state index < -0.39 is 10.0 Å². The second-order valence-corrected chi connectivity index (χ2v) is 7.40. The SMILES string of the molecule is CC(C)(C)c1ccc(CCCNS(C)(=O)=O)cn1. The van der Waals surface area contributed by atoms with Crippen molar-refractivity contribution in [2.24, 2.45) is 0 Å². The number of sulfonamides is 1. The lowest BCUT2D eigenvalue weighted by atomic mass is 9.91. The molecule has 4 nitrogen and oxygen atoms in total. The van der Waals surface area contributed by atoms with Crippen LogP contribution in [0.15, 0.2) is 18.3 Å². The highest BCUT2D eigenvalue weighted by molar-refractivity contribution is 7.88. The molecule has 0 saturated heterocycles. The minimum Gasteiger partial charge on any atom is -0.260 e. The maximum absolute atomic E-state index is 10.9. The summed E-state index contributed by atoms with van der Waals surface area (Å²) >= 11 is 0. The van der Waals surface area contributed by atoms with Crippen molar-refractivity contribution in [2.45, 2.75) is 39.0 Å². The summed E-state index contributed by atoms with van der Waals surface area (Å²) in [5.74, 6) is 0. The number of hydrogen-bond donors (Lipinski definition) is 1. The molecule has 0 aliphatic carbocycles. The molecule has 0 unspecified atom stereocenters. The van der Waals surface area contributed by atoms with Crippen molar-refractivity contribution in [3.63, 3.8) is 0 Å². The van der Waals surface area contributed by atoms with Gasteiger partial charge in [0.15, 0.2) is 0 Å². The highest BCUT2D eigenvalue weighted by Gasteiger charge is 2.14.